The Balaban J connectivity index is 2.07. The van der Waals surface area contributed by atoms with E-state index in [0.717, 1.165) is 4.47 Å². The van der Waals surface area contributed by atoms with Crippen LogP contribution in [0.5, 0.6) is 0 Å². The number of nitrogens with zero attached hydrogens (tertiary/aromatic N) is 1. The molecular weight excluding hydrogens is 310 g/mol. The van der Waals surface area contributed by atoms with Crippen molar-refractivity contribution in [3.63, 3.8) is 0 Å². The standard InChI is InChI=1S/C14H10BrNO3/c1-9-8-12(6-7-13(9)17)16-19-14(18)10-2-4-11(15)5-3-10/h2-8H,1H3/b16-12+. The molecule has 0 N–H and O–H groups in total. The third-order valence-electron chi connectivity index (χ3n) is 2.47. The highest BCUT2D eigenvalue weighted by Gasteiger charge is 2.10. The Morgan fingerprint density at radius 1 is 1.21 bits per heavy atom. The van der Waals surface area contributed by atoms with Gasteiger partial charge in [-0.3, -0.25) is 4.79 Å². The Bertz CT molecular complexity index is 612. The minimum Gasteiger partial charge on any atom is -0.312 e. The largest absolute Gasteiger partial charge is 0.365 e. The van der Waals surface area contributed by atoms with Crippen LogP contribution in [-0.2, 0) is 9.63 Å². The van der Waals surface area contributed by atoms with Crippen molar-refractivity contribution in [3.05, 3.63) is 58.1 Å². The van der Waals surface area contributed by atoms with Crippen LogP contribution in [0.2, 0.25) is 0 Å². The van der Waals surface area contributed by atoms with Crippen LogP contribution in [0.4, 0.5) is 0 Å². The number of allylic oxidation sites excluding steroid dienone is 4. The summed E-state index contributed by atoms with van der Waals surface area (Å²) < 4.78 is 0.877. The molecule has 0 saturated heterocycles. The highest BCUT2D eigenvalue weighted by Crippen LogP contribution is 2.12. The van der Waals surface area contributed by atoms with Gasteiger partial charge in [0.2, 0.25) is 0 Å². The van der Waals surface area contributed by atoms with Crippen LogP contribution in [-0.4, -0.2) is 17.5 Å². The van der Waals surface area contributed by atoms with E-state index in [1.807, 2.05) is 0 Å². The molecule has 0 fully saturated rings. The van der Waals surface area contributed by atoms with Gasteiger partial charge in [0, 0.05) is 4.47 Å². The molecule has 1 aromatic rings. The smallest absolute Gasteiger partial charge is 0.312 e. The summed E-state index contributed by atoms with van der Waals surface area (Å²) in [4.78, 5) is 27.7. The molecule has 5 heteroatoms. The molecule has 2 rings (SSSR count). The average Bonchev–Trinajstić information content (AvgIpc) is 2.40. The second-order valence-electron chi connectivity index (χ2n) is 3.93. The lowest BCUT2D eigenvalue weighted by Crippen LogP contribution is -2.07. The molecule has 0 aromatic heterocycles. The fourth-order valence-corrected chi connectivity index (χ4v) is 1.69. The molecule has 0 radical (unpaired) electrons. The minimum absolute atomic E-state index is 0.0711. The maximum absolute atomic E-state index is 11.7. The van der Waals surface area contributed by atoms with Crippen molar-refractivity contribution in [2.75, 3.05) is 0 Å². The number of ketones is 1. The Labute approximate surface area is 118 Å². The summed E-state index contributed by atoms with van der Waals surface area (Å²) in [5.41, 5.74) is 1.40. The van der Waals surface area contributed by atoms with E-state index in [4.69, 9.17) is 4.84 Å². The van der Waals surface area contributed by atoms with Crippen LogP contribution in [0.1, 0.15) is 17.3 Å². The second-order valence-corrected chi connectivity index (χ2v) is 4.84. The van der Waals surface area contributed by atoms with Crippen molar-refractivity contribution in [2.45, 2.75) is 6.92 Å². The first-order chi connectivity index (χ1) is 9.06. The summed E-state index contributed by atoms with van der Waals surface area (Å²) >= 11 is 3.28. The lowest BCUT2D eigenvalue weighted by molar-refractivity contribution is -0.111. The molecule has 1 aromatic carbocycles. The maximum atomic E-state index is 11.7. The van der Waals surface area contributed by atoms with Crippen LogP contribution < -0.4 is 0 Å². The highest BCUT2D eigenvalue weighted by atomic mass is 79.9. The van der Waals surface area contributed by atoms with Gasteiger partial charge in [-0.25, -0.2) is 4.79 Å². The molecule has 0 bridgehead atoms. The SMILES string of the molecule is CC1=C/C(=N/OC(=O)c2ccc(Br)cc2)C=CC1=O. The summed E-state index contributed by atoms with van der Waals surface area (Å²) in [5, 5.41) is 3.71. The van der Waals surface area contributed by atoms with Gasteiger partial charge in [0.25, 0.3) is 0 Å². The van der Waals surface area contributed by atoms with E-state index in [-0.39, 0.29) is 5.78 Å². The lowest BCUT2D eigenvalue weighted by Gasteiger charge is -2.03. The van der Waals surface area contributed by atoms with E-state index in [9.17, 15) is 9.59 Å². The fraction of sp³-hybridized carbons (Fsp3) is 0.0714. The van der Waals surface area contributed by atoms with Crippen LogP contribution in [0.25, 0.3) is 0 Å². The first-order valence-electron chi connectivity index (χ1n) is 5.52. The van der Waals surface area contributed by atoms with Crippen LogP contribution >= 0.6 is 15.9 Å². The quantitative estimate of drug-likeness (QED) is 0.478. The molecule has 0 spiro atoms. The highest BCUT2D eigenvalue weighted by molar-refractivity contribution is 9.10. The van der Waals surface area contributed by atoms with Crippen molar-refractivity contribution in [2.24, 2.45) is 5.16 Å². The predicted molar refractivity (Wildman–Crippen MR) is 74.9 cm³/mol. The number of oxime groups is 1. The number of halogens is 1. The molecule has 0 aliphatic heterocycles. The number of carbonyl (C=O) groups excluding carboxylic acids is 2. The molecule has 0 amide bonds. The summed E-state index contributed by atoms with van der Waals surface area (Å²) in [7, 11) is 0. The fourth-order valence-electron chi connectivity index (χ4n) is 1.42. The Hall–Kier alpha value is -2.01. The van der Waals surface area contributed by atoms with Crippen LogP contribution in [0, 0.1) is 0 Å². The zero-order valence-electron chi connectivity index (χ0n) is 10.1. The van der Waals surface area contributed by atoms with Gasteiger partial charge in [0.05, 0.1) is 5.56 Å². The molecular formula is C14H10BrNO3. The van der Waals surface area contributed by atoms with Crippen LogP contribution in [0.3, 0.4) is 0 Å². The number of rotatable bonds is 2. The summed E-state index contributed by atoms with van der Waals surface area (Å²) in [6, 6.07) is 6.75. The second kappa shape index (κ2) is 5.75. The normalized spacial score (nSPS) is 16.4. The van der Waals surface area contributed by atoms with E-state index in [2.05, 4.69) is 21.1 Å². The van der Waals surface area contributed by atoms with Crippen molar-refractivity contribution < 1.29 is 14.4 Å². The van der Waals surface area contributed by atoms with Crippen molar-refractivity contribution >= 4 is 33.4 Å². The molecule has 0 saturated carbocycles. The summed E-state index contributed by atoms with van der Waals surface area (Å²) in [6.07, 6.45) is 4.46. The zero-order valence-corrected chi connectivity index (χ0v) is 11.7. The predicted octanol–water partition coefficient (Wildman–Crippen LogP) is 3.05. The van der Waals surface area contributed by atoms with Crippen molar-refractivity contribution in [3.8, 4) is 0 Å². The first kappa shape index (κ1) is 13.4. The van der Waals surface area contributed by atoms with Gasteiger partial charge < -0.3 is 4.84 Å². The molecule has 0 unspecified atom stereocenters. The molecule has 0 heterocycles. The summed E-state index contributed by atoms with van der Waals surface area (Å²) in [5.74, 6) is -0.616. The summed E-state index contributed by atoms with van der Waals surface area (Å²) in [6.45, 7) is 1.68. The lowest BCUT2D eigenvalue weighted by atomic mass is 10.1. The number of hydrogen-bond donors (Lipinski definition) is 0. The number of carbonyl (C=O) groups is 2. The Kier molecular flexibility index (Phi) is 4.06. The molecule has 19 heavy (non-hydrogen) atoms. The van der Waals surface area contributed by atoms with Gasteiger partial charge in [-0.15, -0.1) is 0 Å². The monoisotopic (exact) mass is 319 g/mol. The average molecular weight is 320 g/mol. The van der Waals surface area contributed by atoms with Crippen molar-refractivity contribution in [1.29, 1.82) is 0 Å². The molecule has 0 atom stereocenters. The molecule has 1 aliphatic carbocycles. The van der Waals surface area contributed by atoms with E-state index in [0.29, 0.717) is 16.8 Å². The van der Waals surface area contributed by atoms with Crippen LogP contribution in [0.15, 0.2) is 57.7 Å². The third-order valence-corrected chi connectivity index (χ3v) is 3.00. The molecule has 1 aliphatic rings. The molecule has 96 valence electrons. The van der Waals surface area contributed by atoms with E-state index >= 15 is 0 Å². The van der Waals surface area contributed by atoms with E-state index in [1.165, 1.54) is 12.2 Å². The topological polar surface area (TPSA) is 55.7 Å². The first-order valence-corrected chi connectivity index (χ1v) is 6.31. The van der Waals surface area contributed by atoms with E-state index in [1.54, 1.807) is 37.3 Å². The maximum Gasteiger partial charge on any atom is 0.365 e. The Morgan fingerprint density at radius 3 is 2.53 bits per heavy atom. The molecule has 4 nitrogen and oxygen atoms in total. The Morgan fingerprint density at radius 2 is 1.89 bits per heavy atom. The van der Waals surface area contributed by atoms with Gasteiger partial charge in [-0.1, -0.05) is 21.1 Å². The zero-order chi connectivity index (χ0) is 13.8. The third kappa shape index (κ3) is 3.48. The van der Waals surface area contributed by atoms with Gasteiger partial charge in [0.1, 0.15) is 5.71 Å². The number of benzene rings is 1. The van der Waals surface area contributed by atoms with Gasteiger partial charge in [0.15, 0.2) is 5.78 Å². The van der Waals surface area contributed by atoms with Gasteiger partial charge in [-0.2, -0.15) is 0 Å². The van der Waals surface area contributed by atoms with Gasteiger partial charge in [-0.05, 0) is 55.0 Å². The minimum atomic E-state index is -0.545. The van der Waals surface area contributed by atoms with Crippen molar-refractivity contribution in [1.82, 2.24) is 0 Å². The number of hydrogen-bond acceptors (Lipinski definition) is 4. The van der Waals surface area contributed by atoms with E-state index < -0.39 is 5.97 Å². The van der Waals surface area contributed by atoms with Gasteiger partial charge >= 0.3 is 5.97 Å².